The van der Waals surface area contributed by atoms with Crippen LogP contribution in [-0.4, -0.2) is 29.3 Å². The zero-order valence-corrected chi connectivity index (χ0v) is 9.84. The van der Waals surface area contributed by atoms with Gasteiger partial charge in [-0.25, -0.2) is 4.98 Å². The molecule has 0 aromatic carbocycles. The Morgan fingerprint density at radius 3 is 3.18 bits per heavy atom. The van der Waals surface area contributed by atoms with Crippen LogP contribution in [0.4, 0.5) is 5.82 Å². The van der Waals surface area contributed by atoms with Crippen LogP contribution in [0.3, 0.4) is 0 Å². The van der Waals surface area contributed by atoms with Crippen molar-refractivity contribution in [3.05, 3.63) is 23.9 Å². The van der Waals surface area contributed by atoms with Gasteiger partial charge in [0.15, 0.2) is 0 Å². The van der Waals surface area contributed by atoms with Gasteiger partial charge in [-0.05, 0) is 37.8 Å². The highest BCUT2D eigenvalue weighted by Crippen LogP contribution is 2.26. The summed E-state index contributed by atoms with van der Waals surface area (Å²) in [7, 11) is 0. The van der Waals surface area contributed by atoms with Crippen molar-refractivity contribution in [2.45, 2.75) is 31.7 Å². The van der Waals surface area contributed by atoms with Gasteiger partial charge in [0.2, 0.25) is 0 Å². The summed E-state index contributed by atoms with van der Waals surface area (Å²) in [6.07, 6.45) is 4.14. The van der Waals surface area contributed by atoms with Gasteiger partial charge in [-0.3, -0.25) is 0 Å². The van der Waals surface area contributed by atoms with Gasteiger partial charge < -0.3 is 10.0 Å². The van der Waals surface area contributed by atoms with E-state index in [-0.39, 0.29) is 6.61 Å². The summed E-state index contributed by atoms with van der Waals surface area (Å²) in [4.78, 5) is 6.59. The van der Waals surface area contributed by atoms with E-state index in [0.717, 1.165) is 38.0 Å². The minimum absolute atomic E-state index is 0.246. The van der Waals surface area contributed by atoms with Gasteiger partial charge in [0.25, 0.3) is 0 Å². The van der Waals surface area contributed by atoms with Crippen LogP contribution in [-0.2, 0) is 0 Å². The van der Waals surface area contributed by atoms with Gasteiger partial charge >= 0.3 is 0 Å². The molecule has 2 heterocycles. The highest BCUT2D eigenvalue weighted by atomic mass is 16.2. The second-order valence-electron chi connectivity index (χ2n) is 4.35. The summed E-state index contributed by atoms with van der Waals surface area (Å²) in [5, 5.41) is 17.7. The molecule has 1 saturated heterocycles. The molecule has 1 N–H and O–H groups in total. The molecule has 17 heavy (non-hydrogen) atoms. The van der Waals surface area contributed by atoms with Crippen molar-refractivity contribution in [2.75, 3.05) is 18.1 Å². The molecule has 1 fully saturated rings. The minimum atomic E-state index is 0.246. The smallest absolute Gasteiger partial charge is 0.142 e. The molecule has 4 heteroatoms. The average Bonchev–Trinajstić information content (AvgIpc) is 2.84. The fourth-order valence-electron chi connectivity index (χ4n) is 2.41. The first-order valence-corrected chi connectivity index (χ1v) is 6.10. The number of hydrogen-bond donors (Lipinski definition) is 1. The van der Waals surface area contributed by atoms with E-state index in [1.54, 1.807) is 6.07 Å². The van der Waals surface area contributed by atoms with Crippen LogP contribution in [0.5, 0.6) is 0 Å². The van der Waals surface area contributed by atoms with E-state index >= 15 is 0 Å². The molecule has 0 amide bonds. The fraction of sp³-hybridized carbons (Fsp3) is 0.538. The molecule has 4 nitrogen and oxygen atoms in total. The summed E-state index contributed by atoms with van der Waals surface area (Å²) in [6, 6.07) is 8.09. The largest absolute Gasteiger partial charge is 0.396 e. The Morgan fingerprint density at radius 2 is 2.41 bits per heavy atom. The third kappa shape index (κ3) is 2.75. The Morgan fingerprint density at radius 1 is 1.53 bits per heavy atom. The number of nitriles is 1. The van der Waals surface area contributed by atoms with Crippen LogP contribution in [0, 0.1) is 11.3 Å². The lowest BCUT2D eigenvalue weighted by Gasteiger charge is -2.25. The van der Waals surface area contributed by atoms with Crippen LogP contribution < -0.4 is 4.90 Å². The predicted octanol–water partition coefficient (Wildman–Crippen LogP) is 1.69. The summed E-state index contributed by atoms with van der Waals surface area (Å²) in [5.41, 5.74) is 0.468. The highest BCUT2D eigenvalue weighted by molar-refractivity contribution is 5.43. The Balaban J connectivity index is 2.12. The second kappa shape index (κ2) is 5.65. The topological polar surface area (TPSA) is 60.2 Å². The van der Waals surface area contributed by atoms with Gasteiger partial charge in [-0.15, -0.1) is 0 Å². The monoisotopic (exact) mass is 231 g/mol. The van der Waals surface area contributed by atoms with Crippen LogP contribution in [0.1, 0.15) is 31.4 Å². The number of aromatic nitrogens is 1. The van der Waals surface area contributed by atoms with Crippen molar-refractivity contribution in [1.82, 2.24) is 4.98 Å². The molecule has 1 atom stereocenters. The third-order valence-electron chi connectivity index (χ3n) is 3.22. The second-order valence-corrected chi connectivity index (χ2v) is 4.35. The molecule has 1 aliphatic heterocycles. The Hall–Kier alpha value is -1.60. The summed E-state index contributed by atoms with van der Waals surface area (Å²) < 4.78 is 0. The summed E-state index contributed by atoms with van der Waals surface area (Å²) >= 11 is 0. The van der Waals surface area contributed by atoms with Crippen molar-refractivity contribution >= 4 is 5.82 Å². The zero-order chi connectivity index (χ0) is 12.1. The van der Waals surface area contributed by atoms with Crippen LogP contribution in [0.15, 0.2) is 18.2 Å². The Kier molecular flexibility index (Phi) is 3.94. The van der Waals surface area contributed by atoms with E-state index in [1.165, 1.54) is 0 Å². The van der Waals surface area contributed by atoms with Crippen molar-refractivity contribution in [1.29, 1.82) is 5.26 Å². The molecule has 0 bridgehead atoms. The zero-order valence-electron chi connectivity index (χ0n) is 9.84. The predicted molar refractivity (Wildman–Crippen MR) is 65.6 cm³/mol. The number of anilines is 1. The number of aliphatic hydroxyl groups excluding tert-OH is 1. The van der Waals surface area contributed by atoms with E-state index in [0.29, 0.717) is 11.7 Å². The number of hydrogen-bond acceptors (Lipinski definition) is 4. The first-order valence-electron chi connectivity index (χ1n) is 6.10. The minimum Gasteiger partial charge on any atom is -0.396 e. The van der Waals surface area contributed by atoms with E-state index in [1.807, 2.05) is 12.1 Å². The summed E-state index contributed by atoms with van der Waals surface area (Å²) in [5.74, 6) is 0.893. The van der Waals surface area contributed by atoms with E-state index in [4.69, 9.17) is 10.4 Å². The van der Waals surface area contributed by atoms with E-state index in [2.05, 4.69) is 16.0 Å². The molecule has 1 aromatic heterocycles. The van der Waals surface area contributed by atoms with Gasteiger partial charge in [-0.1, -0.05) is 6.07 Å². The Bertz CT molecular complexity index is 413. The normalized spacial score (nSPS) is 19.3. The van der Waals surface area contributed by atoms with Gasteiger partial charge in [0, 0.05) is 19.2 Å². The molecule has 0 aliphatic carbocycles. The highest BCUT2D eigenvalue weighted by Gasteiger charge is 2.25. The third-order valence-corrected chi connectivity index (χ3v) is 3.22. The number of rotatable bonds is 4. The lowest BCUT2D eigenvalue weighted by atomic mass is 10.1. The van der Waals surface area contributed by atoms with Gasteiger partial charge in [-0.2, -0.15) is 5.26 Å². The SMILES string of the molecule is N#Cc1cccc(N2CCCC2CCCO)n1. The van der Waals surface area contributed by atoms with Gasteiger partial charge in [0.1, 0.15) is 17.6 Å². The molecule has 1 aliphatic rings. The standard InChI is InChI=1S/C13H17N3O/c14-10-11-4-1-7-13(15-11)16-8-2-5-12(16)6-3-9-17/h1,4,7,12,17H,2-3,5-6,8-9H2. The Labute approximate surface area is 102 Å². The average molecular weight is 231 g/mol. The molecule has 1 unspecified atom stereocenters. The molecule has 2 rings (SSSR count). The maximum atomic E-state index is 8.89. The first-order chi connectivity index (χ1) is 8.35. The van der Waals surface area contributed by atoms with Crippen molar-refractivity contribution in [3.63, 3.8) is 0 Å². The maximum absolute atomic E-state index is 8.89. The van der Waals surface area contributed by atoms with Crippen LogP contribution in [0.25, 0.3) is 0 Å². The number of pyridine rings is 1. The van der Waals surface area contributed by atoms with Crippen LogP contribution >= 0.6 is 0 Å². The van der Waals surface area contributed by atoms with E-state index in [9.17, 15) is 0 Å². The molecule has 0 saturated carbocycles. The molecular formula is C13H17N3O. The van der Waals surface area contributed by atoms with Crippen LogP contribution in [0.2, 0.25) is 0 Å². The molecule has 0 radical (unpaired) electrons. The van der Waals surface area contributed by atoms with Gasteiger partial charge in [0.05, 0.1) is 0 Å². The quantitative estimate of drug-likeness (QED) is 0.856. The van der Waals surface area contributed by atoms with Crippen molar-refractivity contribution in [3.8, 4) is 6.07 Å². The first kappa shape index (κ1) is 11.9. The van der Waals surface area contributed by atoms with E-state index < -0.39 is 0 Å². The van der Waals surface area contributed by atoms with Crippen molar-refractivity contribution < 1.29 is 5.11 Å². The maximum Gasteiger partial charge on any atom is 0.142 e. The lowest BCUT2D eigenvalue weighted by molar-refractivity contribution is 0.279. The van der Waals surface area contributed by atoms with Crippen molar-refractivity contribution in [2.24, 2.45) is 0 Å². The number of aliphatic hydroxyl groups is 1. The molecule has 1 aromatic rings. The molecule has 90 valence electrons. The lowest BCUT2D eigenvalue weighted by Crippen LogP contribution is -2.30. The fourth-order valence-corrected chi connectivity index (χ4v) is 2.41. The molecular weight excluding hydrogens is 214 g/mol. The number of nitrogens with zero attached hydrogens (tertiary/aromatic N) is 3. The molecule has 0 spiro atoms. The summed E-state index contributed by atoms with van der Waals surface area (Å²) in [6.45, 7) is 1.24.